The van der Waals surface area contributed by atoms with Gasteiger partial charge in [0.15, 0.2) is 0 Å². The number of carbonyl (C=O) groups excluding carboxylic acids is 2. The molecule has 0 bridgehead atoms. The number of piperazine rings is 1. The van der Waals surface area contributed by atoms with Crippen LogP contribution < -0.4 is 9.80 Å². The van der Waals surface area contributed by atoms with E-state index < -0.39 is 12.0 Å². The number of aliphatic carboxylic acids is 1. The molecule has 4 atom stereocenters. The number of urea groups is 2. The molecule has 0 spiro atoms. The van der Waals surface area contributed by atoms with E-state index in [4.69, 9.17) is 0 Å². The minimum Gasteiger partial charge on any atom is -0.480 e. The van der Waals surface area contributed by atoms with Gasteiger partial charge in [0.1, 0.15) is 6.04 Å². The number of anilines is 2. The Morgan fingerprint density at radius 1 is 0.976 bits per heavy atom. The van der Waals surface area contributed by atoms with Gasteiger partial charge in [0.05, 0.1) is 24.0 Å². The molecule has 8 nitrogen and oxygen atoms in total. The maximum Gasteiger partial charge on any atom is 0.329 e. The van der Waals surface area contributed by atoms with E-state index in [1.807, 2.05) is 83.4 Å². The molecule has 0 radical (unpaired) electrons. The molecule has 41 heavy (non-hydrogen) atoms. The number of hydrogen-bond donors (Lipinski definition) is 1. The van der Waals surface area contributed by atoms with Crippen LogP contribution in [0, 0.1) is 5.92 Å². The van der Waals surface area contributed by atoms with Crippen molar-refractivity contribution in [2.24, 2.45) is 5.92 Å². The minimum atomic E-state index is -1.14. The molecule has 2 aliphatic heterocycles. The van der Waals surface area contributed by atoms with Gasteiger partial charge in [-0.1, -0.05) is 62.2 Å². The van der Waals surface area contributed by atoms with E-state index in [0.29, 0.717) is 5.25 Å². The molecule has 9 heteroatoms. The largest absolute Gasteiger partial charge is 0.480 e. The van der Waals surface area contributed by atoms with Gasteiger partial charge in [-0.15, -0.1) is 11.8 Å². The summed E-state index contributed by atoms with van der Waals surface area (Å²) < 4.78 is 0. The van der Waals surface area contributed by atoms with Crippen molar-refractivity contribution in [3.63, 3.8) is 0 Å². The lowest BCUT2D eigenvalue weighted by Crippen LogP contribution is -2.65. The number of allylic oxidation sites excluding steroid dienone is 4. The maximum absolute atomic E-state index is 14.3. The third-order valence-electron chi connectivity index (χ3n) is 8.65. The highest BCUT2D eigenvalue weighted by Crippen LogP contribution is 2.47. The summed E-state index contributed by atoms with van der Waals surface area (Å²) in [6.07, 6.45) is 11.0. The number of fused-ring (bicyclic) bond motifs is 2. The summed E-state index contributed by atoms with van der Waals surface area (Å²) in [5.74, 6) is -0.974. The van der Waals surface area contributed by atoms with Gasteiger partial charge >= 0.3 is 18.0 Å². The number of carboxylic acid groups (broad SMARTS) is 1. The highest BCUT2D eigenvalue weighted by Gasteiger charge is 2.45. The smallest absolute Gasteiger partial charge is 0.329 e. The number of benzene rings is 2. The van der Waals surface area contributed by atoms with Crippen LogP contribution >= 0.6 is 11.8 Å². The standard InChI is InChI=1S/C32H36N4O4S/c1-22-11-5-6-14-24(22)35(23-12-3-2-4-13-23)31(39)33-19-20-34(27(21-33)30(37)38)32(40)36-25-15-7-9-17-28(25)41-29-18-10-8-16-26(29)36/h2-7,9,12-15,17,22,26-27,29H,8,10-11,16,18-21H2,1H3,(H,37,38)/t22?,26?,27-,29?/m0/s1. The van der Waals surface area contributed by atoms with Crippen molar-refractivity contribution in [2.75, 3.05) is 29.4 Å². The average molecular weight is 573 g/mol. The molecule has 2 aromatic carbocycles. The Bertz CT molecular complexity index is 1380. The van der Waals surface area contributed by atoms with Crippen LogP contribution in [0.4, 0.5) is 21.0 Å². The summed E-state index contributed by atoms with van der Waals surface area (Å²) in [6, 6.07) is 15.8. The fourth-order valence-corrected chi connectivity index (χ4v) is 7.98. The summed E-state index contributed by atoms with van der Waals surface area (Å²) in [4.78, 5) is 48.7. The van der Waals surface area contributed by atoms with Crippen LogP contribution in [-0.4, -0.2) is 69.9 Å². The van der Waals surface area contributed by atoms with Crippen molar-refractivity contribution >= 4 is 41.2 Å². The molecule has 2 aromatic rings. The van der Waals surface area contributed by atoms with Gasteiger partial charge in [-0.05, 0) is 49.6 Å². The molecular formula is C32H36N4O4S. The SMILES string of the molecule is CC1CC=CC=C1N(C(=O)N1CCN(C(=O)N2c3ccccc3SC3CCCCC32)[C@H](C(=O)O)C1)c1ccccc1. The first-order valence-electron chi connectivity index (χ1n) is 14.5. The number of amides is 4. The van der Waals surface area contributed by atoms with E-state index in [0.717, 1.165) is 54.1 Å². The summed E-state index contributed by atoms with van der Waals surface area (Å²) in [6.45, 7) is 2.43. The van der Waals surface area contributed by atoms with Gasteiger partial charge in [0.2, 0.25) is 0 Å². The Hall–Kier alpha value is -3.72. The van der Waals surface area contributed by atoms with E-state index in [1.165, 1.54) is 4.90 Å². The predicted octanol–water partition coefficient (Wildman–Crippen LogP) is 6.21. The second-order valence-electron chi connectivity index (χ2n) is 11.2. The first kappa shape index (κ1) is 27.4. The van der Waals surface area contributed by atoms with Crippen LogP contribution in [0.3, 0.4) is 0 Å². The lowest BCUT2D eigenvalue weighted by atomic mass is 9.92. The molecule has 2 heterocycles. The second kappa shape index (κ2) is 11.6. The monoisotopic (exact) mass is 572 g/mol. The van der Waals surface area contributed by atoms with Crippen LogP contribution in [0.2, 0.25) is 0 Å². The number of hydrogen-bond acceptors (Lipinski definition) is 4. The molecule has 0 aromatic heterocycles. The summed E-state index contributed by atoms with van der Waals surface area (Å²) in [7, 11) is 0. The second-order valence-corrected chi connectivity index (χ2v) is 12.5. The quantitative estimate of drug-likeness (QED) is 0.473. The molecule has 1 saturated heterocycles. The first-order valence-corrected chi connectivity index (χ1v) is 15.4. The molecular weight excluding hydrogens is 536 g/mol. The van der Waals surface area contributed by atoms with Gasteiger partial charge in [0, 0.05) is 34.8 Å². The van der Waals surface area contributed by atoms with E-state index in [1.54, 1.807) is 9.80 Å². The Kier molecular flexibility index (Phi) is 7.79. The van der Waals surface area contributed by atoms with Crippen molar-refractivity contribution in [2.45, 2.75) is 61.3 Å². The van der Waals surface area contributed by atoms with Crippen molar-refractivity contribution in [3.8, 4) is 0 Å². The molecule has 2 fully saturated rings. The molecule has 4 amide bonds. The van der Waals surface area contributed by atoms with Crippen LogP contribution in [0.15, 0.2) is 83.4 Å². The lowest BCUT2D eigenvalue weighted by Gasteiger charge is -2.48. The zero-order chi connectivity index (χ0) is 28.5. The number of para-hydroxylation sites is 2. The van der Waals surface area contributed by atoms with Gasteiger partial charge in [0.25, 0.3) is 0 Å². The van der Waals surface area contributed by atoms with Crippen molar-refractivity contribution in [3.05, 3.63) is 78.5 Å². The number of carbonyl (C=O) groups is 3. The summed E-state index contributed by atoms with van der Waals surface area (Å²) in [5, 5.41) is 10.6. The Balaban J connectivity index is 1.28. The molecule has 1 N–H and O–H groups in total. The van der Waals surface area contributed by atoms with Gasteiger partial charge in [-0.2, -0.15) is 0 Å². The van der Waals surface area contributed by atoms with Crippen LogP contribution in [0.25, 0.3) is 0 Å². The highest BCUT2D eigenvalue weighted by molar-refractivity contribution is 8.00. The van der Waals surface area contributed by atoms with Crippen LogP contribution in [0.5, 0.6) is 0 Å². The minimum absolute atomic E-state index is 0.0339. The van der Waals surface area contributed by atoms with Crippen LogP contribution in [0.1, 0.15) is 39.0 Å². The van der Waals surface area contributed by atoms with Gasteiger partial charge in [-0.3, -0.25) is 9.80 Å². The van der Waals surface area contributed by atoms with E-state index >= 15 is 0 Å². The normalized spacial score (nSPS) is 25.6. The Morgan fingerprint density at radius 2 is 1.73 bits per heavy atom. The van der Waals surface area contributed by atoms with Gasteiger partial charge in [-0.25, -0.2) is 14.4 Å². The summed E-state index contributed by atoms with van der Waals surface area (Å²) in [5.41, 5.74) is 2.47. The van der Waals surface area contributed by atoms with E-state index in [2.05, 4.69) is 13.0 Å². The zero-order valence-electron chi connectivity index (χ0n) is 23.3. The number of thioether (sulfide) groups is 1. The highest BCUT2D eigenvalue weighted by atomic mass is 32.2. The molecule has 4 aliphatic rings. The maximum atomic E-state index is 14.3. The van der Waals surface area contributed by atoms with Crippen LogP contribution in [-0.2, 0) is 4.79 Å². The summed E-state index contributed by atoms with van der Waals surface area (Å²) >= 11 is 1.84. The van der Waals surface area contributed by atoms with E-state index in [-0.39, 0.29) is 43.7 Å². The first-order chi connectivity index (χ1) is 19.9. The Morgan fingerprint density at radius 3 is 2.51 bits per heavy atom. The number of rotatable bonds is 3. The molecule has 214 valence electrons. The molecule has 6 rings (SSSR count). The fourth-order valence-electron chi connectivity index (χ4n) is 6.51. The van der Waals surface area contributed by atoms with Crippen molar-refractivity contribution in [1.82, 2.24) is 9.80 Å². The topological polar surface area (TPSA) is 84.4 Å². The van der Waals surface area contributed by atoms with Gasteiger partial charge < -0.3 is 14.9 Å². The zero-order valence-corrected chi connectivity index (χ0v) is 24.1. The molecule has 2 aliphatic carbocycles. The molecule has 1 saturated carbocycles. The molecule has 3 unspecified atom stereocenters. The fraction of sp³-hybridized carbons (Fsp3) is 0.406. The third-order valence-corrected chi connectivity index (χ3v) is 10.1. The van der Waals surface area contributed by atoms with Crippen molar-refractivity contribution < 1.29 is 19.5 Å². The van der Waals surface area contributed by atoms with E-state index in [9.17, 15) is 19.5 Å². The lowest BCUT2D eigenvalue weighted by molar-refractivity contribution is -0.143. The number of carboxylic acids is 1. The predicted molar refractivity (Wildman–Crippen MR) is 161 cm³/mol. The van der Waals surface area contributed by atoms with Crippen molar-refractivity contribution in [1.29, 1.82) is 0 Å². The average Bonchev–Trinajstić information content (AvgIpc) is 3.00. The third kappa shape index (κ3) is 5.23. The Labute approximate surface area is 245 Å². The number of nitrogens with zero attached hydrogens (tertiary/aromatic N) is 4.